The van der Waals surface area contributed by atoms with E-state index < -0.39 is 20.6 Å². The van der Waals surface area contributed by atoms with E-state index in [1.165, 1.54) is 6.07 Å². The van der Waals surface area contributed by atoms with Crippen LogP contribution in [0.1, 0.15) is 17.2 Å². The number of nitrogens with zero attached hydrogens (tertiary/aromatic N) is 1. The minimum Gasteiger partial charge on any atom is -0.497 e. The third kappa shape index (κ3) is 3.20. The third-order valence-electron chi connectivity index (χ3n) is 5.44. The first kappa shape index (κ1) is 20.3. The standard InChI is InChI=1S/C23H19ClN2O3S/c1-29-19-12-6-16(7-13-19)14-23(15-25)22(17-8-10-18(24)11-9-17)26-20-4-2-3-5-21(20)30(23,27)28/h2-13,22,26H,14H2,1H3. The van der Waals surface area contributed by atoms with Crippen LogP contribution in [0.3, 0.4) is 0 Å². The zero-order valence-electron chi connectivity index (χ0n) is 16.2. The van der Waals surface area contributed by atoms with Gasteiger partial charge in [0.1, 0.15) is 5.75 Å². The van der Waals surface area contributed by atoms with Crippen LogP contribution in [0.15, 0.2) is 77.7 Å². The summed E-state index contributed by atoms with van der Waals surface area (Å²) in [7, 11) is -2.44. The first-order valence-corrected chi connectivity index (χ1v) is 11.2. The fourth-order valence-electron chi connectivity index (χ4n) is 3.86. The Balaban J connectivity index is 1.92. The van der Waals surface area contributed by atoms with Gasteiger partial charge in [-0.25, -0.2) is 8.42 Å². The molecule has 7 heteroatoms. The van der Waals surface area contributed by atoms with Gasteiger partial charge in [-0.15, -0.1) is 0 Å². The maximum atomic E-state index is 13.8. The van der Waals surface area contributed by atoms with Crippen molar-refractivity contribution >= 4 is 27.1 Å². The molecule has 0 spiro atoms. The first-order valence-electron chi connectivity index (χ1n) is 9.31. The Morgan fingerprint density at radius 3 is 2.37 bits per heavy atom. The largest absolute Gasteiger partial charge is 0.497 e. The number of methoxy groups -OCH3 is 1. The molecule has 2 unspecified atom stereocenters. The Labute approximate surface area is 180 Å². The summed E-state index contributed by atoms with van der Waals surface area (Å²) in [5.74, 6) is 0.661. The number of fused-ring (bicyclic) bond motifs is 1. The molecule has 0 radical (unpaired) electrons. The maximum Gasteiger partial charge on any atom is 0.202 e. The fraction of sp³-hybridized carbons (Fsp3) is 0.174. The van der Waals surface area contributed by atoms with Crippen molar-refractivity contribution in [2.45, 2.75) is 22.1 Å². The van der Waals surface area contributed by atoms with Crippen LogP contribution in [0, 0.1) is 11.3 Å². The quantitative estimate of drug-likeness (QED) is 0.633. The lowest BCUT2D eigenvalue weighted by molar-refractivity contribution is 0.414. The van der Waals surface area contributed by atoms with Crippen molar-refractivity contribution in [3.8, 4) is 11.8 Å². The van der Waals surface area contributed by atoms with E-state index in [1.807, 2.05) is 0 Å². The highest BCUT2D eigenvalue weighted by Gasteiger charge is 2.56. The van der Waals surface area contributed by atoms with Crippen molar-refractivity contribution in [1.29, 1.82) is 5.26 Å². The molecule has 0 bridgehead atoms. The number of sulfone groups is 1. The zero-order valence-corrected chi connectivity index (χ0v) is 17.7. The Morgan fingerprint density at radius 2 is 1.73 bits per heavy atom. The van der Waals surface area contributed by atoms with E-state index in [-0.39, 0.29) is 11.3 Å². The number of benzene rings is 3. The maximum absolute atomic E-state index is 13.8. The van der Waals surface area contributed by atoms with E-state index in [1.54, 1.807) is 73.8 Å². The summed E-state index contributed by atoms with van der Waals surface area (Å²) < 4.78 is 31.1. The topological polar surface area (TPSA) is 79.2 Å². The van der Waals surface area contributed by atoms with Gasteiger partial charge >= 0.3 is 0 Å². The van der Waals surface area contributed by atoms with Crippen LogP contribution in [0.25, 0.3) is 0 Å². The average Bonchev–Trinajstić information content (AvgIpc) is 2.77. The van der Waals surface area contributed by atoms with E-state index in [9.17, 15) is 13.7 Å². The minimum atomic E-state index is -4.00. The zero-order chi connectivity index (χ0) is 21.4. The van der Waals surface area contributed by atoms with Crippen molar-refractivity contribution in [1.82, 2.24) is 0 Å². The van der Waals surface area contributed by atoms with Gasteiger partial charge in [-0.3, -0.25) is 0 Å². The lowest BCUT2D eigenvalue weighted by Crippen LogP contribution is -2.51. The molecule has 0 aromatic heterocycles. The summed E-state index contributed by atoms with van der Waals surface area (Å²) in [6, 6.07) is 22.1. The molecule has 1 aliphatic heterocycles. The van der Waals surface area contributed by atoms with E-state index in [0.717, 1.165) is 5.56 Å². The highest BCUT2D eigenvalue weighted by Crippen LogP contribution is 2.47. The van der Waals surface area contributed by atoms with Gasteiger partial charge in [0, 0.05) is 11.4 Å². The predicted molar refractivity (Wildman–Crippen MR) is 116 cm³/mol. The van der Waals surface area contributed by atoms with Gasteiger partial charge in [-0.1, -0.05) is 48.0 Å². The second kappa shape index (κ2) is 7.67. The summed E-state index contributed by atoms with van der Waals surface area (Å²) >= 11 is 6.04. The molecular weight excluding hydrogens is 420 g/mol. The molecule has 30 heavy (non-hydrogen) atoms. The Hall–Kier alpha value is -3.01. The van der Waals surface area contributed by atoms with Gasteiger partial charge in [-0.2, -0.15) is 5.26 Å². The van der Waals surface area contributed by atoms with Gasteiger partial charge in [0.15, 0.2) is 4.75 Å². The smallest absolute Gasteiger partial charge is 0.202 e. The molecule has 5 nitrogen and oxygen atoms in total. The van der Waals surface area contributed by atoms with Gasteiger partial charge in [0.2, 0.25) is 9.84 Å². The molecule has 0 saturated heterocycles. The number of halogens is 1. The van der Waals surface area contributed by atoms with E-state index >= 15 is 0 Å². The van der Waals surface area contributed by atoms with Crippen LogP contribution >= 0.6 is 11.6 Å². The number of nitrogens with one attached hydrogen (secondary N) is 1. The molecule has 1 N–H and O–H groups in total. The van der Waals surface area contributed by atoms with Gasteiger partial charge < -0.3 is 10.1 Å². The average molecular weight is 439 g/mol. The Bertz CT molecular complexity index is 1220. The molecule has 0 amide bonds. The summed E-state index contributed by atoms with van der Waals surface area (Å²) in [5.41, 5.74) is 1.88. The summed E-state index contributed by atoms with van der Waals surface area (Å²) in [5, 5.41) is 14.2. The number of rotatable bonds is 4. The van der Waals surface area contributed by atoms with E-state index in [2.05, 4.69) is 11.4 Å². The fourth-order valence-corrected chi connectivity index (χ4v) is 6.03. The van der Waals surface area contributed by atoms with Gasteiger partial charge in [-0.05, 0) is 47.5 Å². The van der Waals surface area contributed by atoms with Crippen molar-refractivity contribution in [3.05, 3.63) is 88.9 Å². The molecule has 0 fully saturated rings. The molecule has 0 saturated carbocycles. The molecule has 1 heterocycles. The first-order chi connectivity index (χ1) is 14.4. The van der Waals surface area contributed by atoms with Crippen LogP contribution in [-0.4, -0.2) is 20.3 Å². The Morgan fingerprint density at radius 1 is 1.07 bits per heavy atom. The lowest BCUT2D eigenvalue weighted by atomic mass is 9.87. The van der Waals surface area contributed by atoms with Crippen molar-refractivity contribution in [3.63, 3.8) is 0 Å². The number of ether oxygens (including phenoxy) is 1. The molecule has 4 rings (SSSR count). The summed E-state index contributed by atoms with van der Waals surface area (Å²) in [4.78, 5) is 0.130. The highest BCUT2D eigenvalue weighted by molar-refractivity contribution is 7.93. The number of hydrogen-bond donors (Lipinski definition) is 1. The summed E-state index contributed by atoms with van der Waals surface area (Å²) in [6.07, 6.45) is 0.0183. The van der Waals surface area contributed by atoms with Crippen LogP contribution in [0.4, 0.5) is 5.69 Å². The van der Waals surface area contributed by atoms with E-state index in [4.69, 9.17) is 16.3 Å². The SMILES string of the molecule is COc1ccc(CC2(C#N)C(c3ccc(Cl)cc3)Nc3ccccc3S2(=O)=O)cc1. The highest BCUT2D eigenvalue weighted by atomic mass is 35.5. The van der Waals surface area contributed by atoms with Crippen LogP contribution < -0.4 is 10.1 Å². The molecule has 152 valence electrons. The molecule has 1 aliphatic rings. The third-order valence-corrected chi connectivity index (χ3v) is 8.06. The second-order valence-corrected chi connectivity index (χ2v) is 9.77. The molecule has 0 aliphatic carbocycles. The van der Waals surface area contributed by atoms with Crippen LogP contribution in [-0.2, 0) is 16.3 Å². The summed E-state index contributed by atoms with van der Waals surface area (Å²) in [6.45, 7) is 0. The normalized spacial score (nSPS) is 21.7. The minimum absolute atomic E-state index is 0.0183. The van der Waals surface area contributed by atoms with Crippen LogP contribution in [0.2, 0.25) is 5.02 Å². The van der Waals surface area contributed by atoms with E-state index in [0.29, 0.717) is 22.0 Å². The monoisotopic (exact) mass is 438 g/mol. The molecule has 3 aromatic rings. The number of anilines is 1. The van der Waals surface area contributed by atoms with Crippen molar-refractivity contribution in [2.75, 3.05) is 12.4 Å². The molecule has 2 atom stereocenters. The predicted octanol–water partition coefficient (Wildman–Crippen LogP) is 4.79. The number of nitriles is 1. The molecule has 3 aromatic carbocycles. The van der Waals surface area contributed by atoms with Crippen LogP contribution in [0.5, 0.6) is 5.75 Å². The molecular formula is C23H19ClN2O3S. The number of hydrogen-bond acceptors (Lipinski definition) is 5. The number of para-hydroxylation sites is 1. The van der Waals surface area contributed by atoms with Gasteiger partial charge in [0.05, 0.1) is 29.8 Å². The lowest BCUT2D eigenvalue weighted by Gasteiger charge is -2.40. The van der Waals surface area contributed by atoms with Crippen molar-refractivity contribution in [2.24, 2.45) is 0 Å². The Kier molecular flexibility index (Phi) is 5.19. The van der Waals surface area contributed by atoms with Crippen molar-refractivity contribution < 1.29 is 13.2 Å². The second-order valence-electron chi connectivity index (χ2n) is 7.15. The van der Waals surface area contributed by atoms with Gasteiger partial charge in [0.25, 0.3) is 0 Å².